The number of hydrogen-bond acceptors (Lipinski definition) is 4. The summed E-state index contributed by atoms with van der Waals surface area (Å²) in [6.07, 6.45) is 4.23. The van der Waals surface area contributed by atoms with E-state index in [0.29, 0.717) is 13.0 Å². The summed E-state index contributed by atoms with van der Waals surface area (Å²) in [5, 5.41) is 2.69. The third-order valence-electron chi connectivity index (χ3n) is 2.24. The van der Waals surface area contributed by atoms with Crippen LogP contribution < -0.4 is 5.32 Å². The molecule has 0 aliphatic heterocycles. The SMILES string of the molecule is CC(=O)c1ccc(C=CCCNC(=O)OC(C)(C)C)s1. The van der Waals surface area contributed by atoms with Crippen molar-refractivity contribution in [3.8, 4) is 0 Å². The molecule has 0 atom stereocenters. The number of carbonyl (C=O) groups is 2. The molecule has 0 saturated heterocycles. The lowest BCUT2D eigenvalue weighted by molar-refractivity contribution is 0.0528. The summed E-state index contributed by atoms with van der Waals surface area (Å²) < 4.78 is 5.12. The molecule has 0 bridgehead atoms. The summed E-state index contributed by atoms with van der Waals surface area (Å²) in [7, 11) is 0. The minimum Gasteiger partial charge on any atom is -0.444 e. The molecule has 4 nitrogen and oxygen atoms in total. The number of nitrogens with one attached hydrogen (secondary N) is 1. The highest BCUT2D eigenvalue weighted by atomic mass is 32.1. The molecule has 0 aromatic carbocycles. The highest BCUT2D eigenvalue weighted by molar-refractivity contribution is 7.14. The van der Waals surface area contributed by atoms with E-state index in [0.717, 1.165) is 9.75 Å². The van der Waals surface area contributed by atoms with Crippen LogP contribution in [0.25, 0.3) is 6.08 Å². The first-order valence-corrected chi connectivity index (χ1v) is 7.34. The molecular formula is C15H21NO3S. The number of ether oxygens (including phenoxy) is 1. The van der Waals surface area contributed by atoms with E-state index < -0.39 is 11.7 Å². The zero-order chi connectivity index (χ0) is 15.2. The first-order valence-electron chi connectivity index (χ1n) is 6.52. The third-order valence-corrected chi connectivity index (χ3v) is 3.39. The number of rotatable bonds is 5. The Labute approximate surface area is 123 Å². The quantitative estimate of drug-likeness (QED) is 0.662. The zero-order valence-electron chi connectivity index (χ0n) is 12.4. The van der Waals surface area contributed by atoms with E-state index in [-0.39, 0.29) is 5.78 Å². The molecule has 0 fully saturated rings. The number of alkyl carbamates (subject to hydrolysis) is 1. The zero-order valence-corrected chi connectivity index (χ0v) is 13.2. The Morgan fingerprint density at radius 1 is 1.35 bits per heavy atom. The molecule has 0 saturated carbocycles. The Morgan fingerprint density at radius 3 is 2.60 bits per heavy atom. The van der Waals surface area contributed by atoms with Crippen molar-refractivity contribution in [3.63, 3.8) is 0 Å². The van der Waals surface area contributed by atoms with Crippen LogP contribution in [0.3, 0.4) is 0 Å². The van der Waals surface area contributed by atoms with Crippen molar-refractivity contribution in [2.24, 2.45) is 0 Å². The second kappa shape index (κ2) is 7.24. The van der Waals surface area contributed by atoms with Crippen molar-refractivity contribution in [1.82, 2.24) is 5.32 Å². The van der Waals surface area contributed by atoms with Crippen molar-refractivity contribution in [2.75, 3.05) is 6.54 Å². The third kappa shape index (κ3) is 6.52. The van der Waals surface area contributed by atoms with E-state index in [9.17, 15) is 9.59 Å². The van der Waals surface area contributed by atoms with Gasteiger partial charge in [0.1, 0.15) is 5.60 Å². The van der Waals surface area contributed by atoms with Crippen LogP contribution in [0.4, 0.5) is 4.79 Å². The van der Waals surface area contributed by atoms with Crippen LogP contribution in [-0.4, -0.2) is 24.0 Å². The van der Waals surface area contributed by atoms with Gasteiger partial charge in [-0.25, -0.2) is 4.79 Å². The molecule has 0 spiro atoms. The van der Waals surface area contributed by atoms with Gasteiger partial charge in [0.05, 0.1) is 4.88 Å². The highest BCUT2D eigenvalue weighted by Gasteiger charge is 2.15. The predicted octanol–water partition coefficient (Wildman–Crippen LogP) is 3.88. The fourth-order valence-corrected chi connectivity index (χ4v) is 2.24. The van der Waals surface area contributed by atoms with Gasteiger partial charge in [-0.15, -0.1) is 11.3 Å². The second-order valence-corrected chi connectivity index (χ2v) is 6.49. The van der Waals surface area contributed by atoms with Crippen LogP contribution in [0, 0.1) is 0 Å². The van der Waals surface area contributed by atoms with Crippen molar-refractivity contribution < 1.29 is 14.3 Å². The van der Waals surface area contributed by atoms with E-state index >= 15 is 0 Å². The Hall–Kier alpha value is -1.62. The fraction of sp³-hybridized carbons (Fsp3) is 0.467. The maximum Gasteiger partial charge on any atom is 0.407 e. The summed E-state index contributed by atoms with van der Waals surface area (Å²) >= 11 is 1.46. The lowest BCUT2D eigenvalue weighted by Gasteiger charge is -2.19. The van der Waals surface area contributed by atoms with Gasteiger partial charge < -0.3 is 10.1 Å². The van der Waals surface area contributed by atoms with Crippen LogP contribution >= 0.6 is 11.3 Å². The second-order valence-electron chi connectivity index (χ2n) is 5.38. The van der Waals surface area contributed by atoms with Gasteiger partial charge in [-0.1, -0.05) is 6.08 Å². The van der Waals surface area contributed by atoms with E-state index in [4.69, 9.17) is 4.74 Å². The molecule has 1 aromatic rings. The minimum atomic E-state index is -0.472. The molecule has 0 radical (unpaired) electrons. The number of carbonyl (C=O) groups excluding carboxylic acids is 2. The number of hydrogen-bond donors (Lipinski definition) is 1. The minimum absolute atomic E-state index is 0.0845. The number of ketones is 1. The van der Waals surface area contributed by atoms with Crippen molar-refractivity contribution in [1.29, 1.82) is 0 Å². The van der Waals surface area contributed by atoms with E-state index in [2.05, 4.69) is 5.32 Å². The van der Waals surface area contributed by atoms with Crippen LogP contribution in [0.2, 0.25) is 0 Å². The first kappa shape index (κ1) is 16.4. The molecule has 0 aliphatic rings. The fourth-order valence-electron chi connectivity index (χ4n) is 1.40. The monoisotopic (exact) mass is 295 g/mol. The Kier molecular flexibility index (Phi) is 5.95. The van der Waals surface area contributed by atoms with Gasteiger partial charge in [-0.05, 0) is 52.3 Å². The number of amides is 1. The van der Waals surface area contributed by atoms with Crippen LogP contribution in [0.5, 0.6) is 0 Å². The maximum absolute atomic E-state index is 11.4. The topological polar surface area (TPSA) is 55.4 Å². The van der Waals surface area contributed by atoms with Crippen molar-refractivity contribution in [3.05, 3.63) is 28.0 Å². The highest BCUT2D eigenvalue weighted by Crippen LogP contribution is 2.18. The van der Waals surface area contributed by atoms with Gasteiger partial charge in [0, 0.05) is 11.4 Å². The molecule has 1 aromatic heterocycles. The molecule has 1 heterocycles. The predicted molar refractivity (Wildman–Crippen MR) is 82.2 cm³/mol. The largest absolute Gasteiger partial charge is 0.444 e. The molecular weight excluding hydrogens is 274 g/mol. The summed E-state index contributed by atoms with van der Waals surface area (Å²) in [6.45, 7) is 7.57. The molecule has 110 valence electrons. The van der Waals surface area contributed by atoms with Crippen LogP contribution in [-0.2, 0) is 4.74 Å². The first-order chi connectivity index (χ1) is 9.28. The summed E-state index contributed by atoms with van der Waals surface area (Å²) in [5.41, 5.74) is -0.472. The average Bonchev–Trinajstić information content (AvgIpc) is 2.75. The van der Waals surface area contributed by atoms with E-state index in [1.165, 1.54) is 11.3 Å². The van der Waals surface area contributed by atoms with E-state index in [1.807, 2.05) is 45.1 Å². The summed E-state index contributed by atoms with van der Waals surface area (Å²) in [5.74, 6) is 0.0845. The number of Topliss-reactive ketones (excluding diaryl/α,β-unsaturated/α-hetero) is 1. The summed E-state index contributed by atoms with van der Waals surface area (Å²) in [4.78, 5) is 24.3. The summed E-state index contributed by atoms with van der Waals surface area (Å²) in [6, 6.07) is 3.74. The maximum atomic E-state index is 11.4. The van der Waals surface area contributed by atoms with Gasteiger partial charge in [-0.2, -0.15) is 0 Å². The smallest absolute Gasteiger partial charge is 0.407 e. The lowest BCUT2D eigenvalue weighted by atomic mass is 10.2. The molecule has 20 heavy (non-hydrogen) atoms. The molecule has 1 amide bonds. The number of thiophene rings is 1. The average molecular weight is 295 g/mol. The lowest BCUT2D eigenvalue weighted by Crippen LogP contribution is -2.32. The normalized spacial score (nSPS) is 11.6. The van der Waals surface area contributed by atoms with Gasteiger partial charge in [0.15, 0.2) is 5.78 Å². The Bertz CT molecular complexity index is 497. The molecule has 0 aliphatic carbocycles. The van der Waals surface area contributed by atoms with Crippen LogP contribution in [0.1, 0.15) is 48.7 Å². The van der Waals surface area contributed by atoms with Gasteiger partial charge in [0.25, 0.3) is 0 Å². The molecule has 1 rings (SSSR count). The molecule has 5 heteroatoms. The standard InChI is InChI=1S/C15H21NO3S/c1-11(17)13-9-8-12(20-13)7-5-6-10-16-14(18)19-15(2,3)4/h5,7-9H,6,10H2,1-4H3,(H,16,18). The molecule has 0 unspecified atom stereocenters. The van der Waals surface area contributed by atoms with Gasteiger partial charge in [-0.3, -0.25) is 4.79 Å². The van der Waals surface area contributed by atoms with Crippen molar-refractivity contribution in [2.45, 2.75) is 39.7 Å². The van der Waals surface area contributed by atoms with Crippen LogP contribution in [0.15, 0.2) is 18.2 Å². The van der Waals surface area contributed by atoms with E-state index in [1.54, 1.807) is 6.92 Å². The Balaban J connectivity index is 2.28. The molecule has 1 N–H and O–H groups in total. The van der Waals surface area contributed by atoms with Crippen molar-refractivity contribution >= 4 is 29.3 Å². The van der Waals surface area contributed by atoms with Gasteiger partial charge >= 0.3 is 6.09 Å². The van der Waals surface area contributed by atoms with Gasteiger partial charge in [0.2, 0.25) is 0 Å². The Morgan fingerprint density at radius 2 is 2.05 bits per heavy atom.